The molecule has 1 aromatic carbocycles. The highest BCUT2D eigenvalue weighted by Gasteiger charge is 2.34. The molecule has 0 atom stereocenters. The first-order chi connectivity index (χ1) is 13.5. The number of hydrogen-bond acceptors (Lipinski definition) is 6. The number of halogens is 2. The molecular formula is C18H23BrFN3O6. The lowest BCUT2D eigenvalue weighted by Gasteiger charge is -2.35. The number of rotatable bonds is 4. The molecule has 0 aromatic heterocycles. The summed E-state index contributed by atoms with van der Waals surface area (Å²) in [5.74, 6) is -2.07. The smallest absolute Gasteiger partial charge is 0.410 e. The second-order valence-electron chi connectivity index (χ2n) is 7.34. The van der Waals surface area contributed by atoms with Crippen LogP contribution in [-0.2, 0) is 4.74 Å². The molecule has 2 amide bonds. The number of hydrogen-bond donors (Lipinski definition) is 0. The van der Waals surface area contributed by atoms with Crippen LogP contribution in [-0.4, -0.2) is 65.1 Å². The van der Waals surface area contributed by atoms with Crippen LogP contribution in [0.1, 0.15) is 38.1 Å². The summed E-state index contributed by atoms with van der Waals surface area (Å²) in [7, 11) is 0. The Balaban J connectivity index is 2.24. The van der Waals surface area contributed by atoms with Crippen LogP contribution in [0.5, 0.6) is 5.75 Å². The van der Waals surface area contributed by atoms with E-state index in [2.05, 4.69) is 15.9 Å². The zero-order valence-corrected chi connectivity index (χ0v) is 18.2. The van der Waals surface area contributed by atoms with E-state index in [-0.39, 0.29) is 43.0 Å². The fourth-order valence-corrected chi connectivity index (χ4v) is 3.33. The minimum Gasteiger partial charge on any atom is -0.493 e. The Hall–Kier alpha value is -2.43. The summed E-state index contributed by atoms with van der Waals surface area (Å²) in [5.41, 5.74) is -1.97. The Bertz CT molecular complexity index is 819. The molecule has 0 bridgehead atoms. The third-order valence-corrected chi connectivity index (χ3v) is 4.68. The molecule has 1 aromatic rings. The first-order valence-corrected chi connectivity index (χ1v) is 9.82. The maximum atomic E-state index is 14.9. The molecule has 0 radical (unpaired) electrons. The largest absolute Gasteiger partial charge is 0.493 e. The Kier molecular flexibility index (Phi) is 7.04. The van der Waals surface area contributed by atoms with Crippen molar-refractivity contribution < 1.29 is 28.4 Å². The third-order valence-electron chi connectivity index (χ3n) is 4.07. The molecule has 1 saturated heterocycles. The quantitative estimate of drug-likeness (QED) is 0.486. The van der Waals surface area contributed by atoms with Crippen molar-refractivity contribution in [2.45, 2.75) is 33.3 Å². The van der Waals surface area contributed by atoms with E-state index in [1.165, 1.54) is 15.9 Å². The van der Waals surface area contributed by atoms with Crippen molar-refractivity contribution in [3.63, 3.8) is 0 Å². The fraction of sp³-hybridized carbons (Fsp3) is 0.556. The lowest BCUT2D eigenvalue weighted by Crippen LogP contribution is -2.51. The van der Waals surface area contributed by atoms with Crippen molar-refractivity contribution in [1.29, 1.82) is 0 Å². The third kappa shape index (κ3) is 5.34. The molecular weight excluding hydrogens is 453 g/mol. The van der Waals surface area contributed by atoms with E-state index >= 15 is 0 Å². The van der Waals surface area contributed by atoms with Crippen molar-refractivity contribution in [3.05, 3.63) is 32.0 Å². The highest BCUT2D eigenvalue weighted by atomic mass is 79.9. The van der Waals surface area contributed by atoms with E-state index in [0.29, 0.717) is 0 Å². The summed E-state index contributed by atoms with van der Waals surface area (Å²) < 4.78 is 25.4. The Morgan fingerprint density at radius 3 is 2.28 bits per heavy atom. The number of nitro benzene ring substituents is 1. The number of amides is 2. The van der Waals surface area contributed by atoms with Gasteiger partial charge in [0.15, 0.2) is 0 Å². The second-order valence-corrected chi connectivity index (χ2v) is 8.20. The molecule has 0 N–H and O–H groups in total. The monoisotopic (exact) mass is 475 g/mol. The first kappa shape index (κ1) is 22.9. The Morgan fingerprint density at radius 2 is 1.79 bits per heavy atom. The van der Waals surface area contributed by atoms with Gasteiger partial charge in [0, 0.05) is 32.2 Å². The number of ether oxygens (including phenoxy) is 2. The SMILES string of the molecule is CCOc1cc(Br)c([N+](=O)[O-])c(F)c1C(=O)N1CCN(C(=O)OC(C)(C)C)CC1. The average Bonchev–Trinajstić information content (AvgIpc) is 2.59. The highest BCUT2D eigenvalue weighted by molar-refractivity contribution is 9.10. The van der Waals surface area contributed by atoms with Gasteiger partial charge in [-0.3, -0.25) is 14.9 Å². The predicted molar refractivity (Wildman–Crippen MR) is 106 cm³/mol. The zero-order valence-electron chi connectivity index (χ0n) is 16.7. The molecule has 0 aliphatic carbocycles. The van der Waals surface area contributed by atoms with E-state index in [9.17, 15) is 24.1 Å². The van der Waals surface area contributed by atoms with E-state index in [0.717, 1.165) is 0 Å². The predicted octanol–water partition coefficient (Wildman–Crippen LogP) is 3.59. The van der Waals surface area contributed by atoms with Gasteiger partial charge in [0.2, 0.25) is 5.82 Å². The van der Waals surface area contributed by atoms with E-state index in [1.54, 1.807) is 27.7 Å². The molecule has 0 unspecified atom stereocenters. The van der Waals surface area contributed by atoms with E-state index in [4.69, 9.17) is 9.47 Å². The zero-order chi connectivity index (χ0) is 21.9. The number of carbonyl (C=O) groups is 2. The molecule has 1 aliphatic heterocycles. The number of benzene rings is 1. The van der Waals surface area contributed by atoms with Crippen molar-refractivity contribution >= 4 is 33.6 Å². The van der Waals surface area contributed by atoms with Crippen LogP contribution in [0.25, 0.3) is 0 Å². The molecule has 2 rings (SSSR count). The molecule has 1 heterocycles. The van der Waals surface area contributed by atoms with Crippen molar-refractivity contribution in [3.8, 4) is 5.75 Å². The van der Waals surface area contributed by atoms with Crippen LogP contribution >= 0.6 is 15.9 Å². The minimum atomic E-state index is -1.26. The summed E-state index contributed by atoms with van der Waals surface area (Å²) in [6.45, 7) is 7.72. The summed E-state index contributed by atoms with van der Waals surface area (Å²) in [4.78, 5) is 38.2. The lowest BCUT2D eigenvalue weighted by atomic mass is 10.1. The Morgan fingerprint density at radius 1 is 1.24 bits per heavy atom. The van der Waals surface area contributed by atoms with Crippen molar-refractivity contribution in [2.75, 3.05) is 32.8 Å². The van der Waals surface area contributed by atoms with Gasteiger partial charge in [-0.1, -0.05) is 0 Å². The summed E-state index contributed by atoms with van der Waals surface area (Å²) in [6.07, 6.45) is -0.495. The standard InChI is InChI=1S/C18H23BrFN3O6/c1-5-28-12-10-11(19)15(23(26)27)14(20)13(12)16(24)21-6-8-22(9-7-21)17(25)29-18(2,3)4/h10H,5-9H2,1-4H3. The first-order valence-electron chi connectivity index (χ1n) is 9.02. The van der Waals surface area contributed by atoms with Gasteiger partial charge in [0.25, 0.3) is 5.91 Å². The molecule has 11 heteroatoms. The molecule has 160 valence electrons. The van der Waals surface area contributed by atoms with Crippen LogP contribution in [0.2, 0.25) is 0 Å². The van der Waals surface area contributed by atoms with Crippen LogP contribution < -0.4 is 4.74 Å². The molecule has 0 saturated carbocycles. The summed E-state index contributed by atoms with van der Waals surface area (Å²) >= 11 is 2.95. The number of piperazine rings is 1. The summed E-state index contributed by atoms with van der Waals surface area (Å²) in [5, 5.41) is 11.2. The van der Waals surface area contributed by atoms with Gasteiger partial charge in [-0.15, -0.1) is 0 Å². The van der Waals surface area contributed by atoms with E-state index in [1.807, 2.05) is 0 Å². The summed E-state index contributed by atoms with van der Waals surface area (Å²) in [6, 6.07) is 1.22. The topological polar surface area (TPSA) is 102 Å². The van der Waals surface area contributed by atoms with E-state index < -0.39 is 39.6 Å². The van der Waals surface area contributed by atoms with Gasteiger partial charge in [-0.2, -0.15) is 4.39 Å². The number of nitro groups is 1. The highest BCUT2D eigenvalue weighted by Crippen LogP contribution is 2.37. The van der Waals surface area contributed by atoms with Gasteiger partial charge < -0.3 is 19.3 Å². The molecule has 29 heavy (non-hydrogen) atoms. The van der Waals surface area contributed by atoms with Gasteiger partial charge in [0.1, 0.15) is 21.4 Å². The van der Waals surface area contributed by atoms with Crippen molar-refractivity contribution in [2.24, 2.45) is 0 Å². The maximum Gasteiger partial charge on any atom is 0.410 e. The van der Waals surface area contributed by atoms with Crippen LogP contribution in [0.4, 0.5) is 14.9 Å². The Labute approximate surface area is 176 Å². The lowest BCUT2D eigenvalue weighted by molar-refractivity contribution is -0.388. The minimum absolute atomic E-state index is 0.0814. The molecule has 1 aliphatic rings. The normalized spacial score (nSPS) is 14.6. The van der Waals surface area contributed by atoms with Gasteiger partial charge >= 0.3 is 11.8 Å². The van der Waals surface area contributed by atoms with Gasteiger partial charge in [0.05, 0.1) is 11.5 Å². The van der Waals surface area contributed by atoms with Crippen LogP contribution in [0, 0.1) is 15.9 Å². The molecule has 0 spiro atoms. The average molecular weight is 476 g/mol. The van der Waals surface area contributed by atoms with Crippen molar-refractivity contribution in [1.82, 2.24) is 9.80 Å². The second kappa shape index (κ2) is 8.93. The van der Waals surface area contributed by atoms with Crippen LogP contribution in [0.3, 0.4) is 0 Å². The molecule has 1 fully saturated rings. The van der Waals surface area contributed by atoms with Crippen LogP contribution in [0.15, 0.2) is 10.5 Å². The number of nitrogens with zero attached hydrogens (tertiary/aromatic N) is 3. The van der Waals surface area contributed by atoms with Gasteiger partial charge in [-0.25, -0.2) is 4.79 Å². The van der Waals surface area contributed by atoms with Gasteiger partial charge in [-0.05, 0) is 43.6 Å². The maximum absolute atomic E-state index is 14.9. The molecule has 9 nitrogen and oxygen atoms in total. The fourth-order valence-electron chi connectivity index (χ4n) is 2.80. The number of carbonyl (C=O) groups excluding carboxylic acids is 2.